The molecule has 0 saturated carbocycles. The number of hydrogen-bond donors (Lipinski definition) is 0. The summed E-state index contributed by atoms with van der Waals surface area (Å²) in [5.74, 6) is -0.363. The first-order chi connectivity index (χ1) is 12.3. The Labute approximate surface area is 154 Å². The zero-order valence-corrected chi connectivity index (χ0v) is 16.0. The van der Waals surface area contributed by atoms with Crippen molar-refractivity contribution in [2.75, 3.05) is 64.1 Å². The lowest BCUT2D eigenvalue weighted by Gasteiger charge is -2.36. The molecule has 1 aromatic rings. The Balaban J connectivity index is 1.85. The monoisotopic (exact) mass is 387 g/mol. The molecular weight excluding hydrogens is 361 g/mol. The summed E-state index contributed by atoms with van der Waals surface area (Å²) in [7, 11) is -1.88. The Hall–Kier alpha value is -1.71. The minimum absolute atomic E-state index is 0.0933. The van der Waals surface area contributed by atoms with E-state index in [1.807, 2.05) is 4.90 Å². The number of anilines is 1. The van der Waals surface area contributed by atoms with E-state index in [0.29, 0.717) is 31.9 Å². The molecule has 9 heteroatoms. The molecule has 1 aliphatic rings. The van der Waals surface area contributed by atoms with Gasteiger partial charge < -0.3 is 14.5 Å². The second kappa shape index (κ2) is 9.29. The number of para-hydroxylation sites is 1. The van der Waals surface area contributed by atoms with Gasteiger partial charge in [0.05, 0.1) is 18.6 Å². The number of rotatable bonds is 8. The second-order valence-corrected chi connectivity index (χ2v) is 8.21. The van der Waals surface area contributed by atoms with E-state index in [-0.39, 0.29) is 37.8 Å². The van der Waals surface area contributed by atoms with Crippen molar-refractivity contribution in [2.24, 2.45) is 0 Å². The maximum Gasteiger partial charge on any atom is 0.224 e. The number of hydrogen-bond acceptors (Lipinski definition) is 5. The average molecular weight is 387 g/mol. The Kier molecular flexibility index (Phi) is 7.36. The van der Waals surface area contributed by atoms with Crippen molar-refractivity contribution in [3.63, 3.8) is 0 Å². The van der Waals surface area contributed by atoms with Crippen LogP contribution < -0.4 is 4.90 Å². The minimum atomic E-state index is -3.38. The fourth-order valence-corrected chi connectivity index (χ4v) is 3.75. The highest BCUT2D eigenvalue weighted by atomic mass is 32.2. The molecule has 0 bridgehead atoms. The molecule has 0 radical (unpaired) electrons. The van der Waals surface area contributed by atoms with Crippen LogP contribution in [0.5, 0.6) is 0 Å². The molecular formula is C17H26FN3O4S. The van der Waals surface area contributed by atoms with Crippen LogP contribution in [0, 0.1) is 5.82 Å². The van der Waals surface area contributed by atoms with Crippen LogP contribution in [0.4, 0.5) is 10.1 Å². The van der Waals surface area contributed by atoms with Crippen LogP contribution in [0.15, 0.2) is 24.3 Å². The number of methoxy groups -OCH3 is 1. The normalized spacial score (nSPS) is 15.5. The van der Waals surface area contributed by atoms with Crippen molar-refractivity contribution in [3.8, 4) is 0 Å². The number of sulfonamides is 1. The highest BCUT2D eigenvalue weighted by Gasteiger charge is 2.24. The SMILES string of the molecule is COCCN(CCC(=O)N1CCN(c2ccccc2F)CC1)S(C)(=O)=O. The molecule has 0 spiro atoms. The number of nitrogens with zero attached hydrogens (tertiary/aromatic N) is 3. The van der Waals surface area contributed by atoms with Crippen molar-refractivity contribution in [3.05, 3.63) is 30.1 Å². The van der Waals surface area contributed by atoms with Crippen LogP contribution in [0.2, 0.25) is 0 Å². The summed E-state index contributed by atoms with van der Waals surface area (Å²) < 4.78 is 43.6. The molecule has 0 aromatic heterocycles. The van der Waals surface area contributed by atoms with E-state index in [0.717, 1.165) is 6.26 Å². The number of piperazine rings is 1. The minimum Gasteiger partial charge on any atom is -0.383 e. The first-order valence-corrected chi connectivity index (χ1v) is 10.4. The molecule has 0 atom stereocenters. The fourth-order valence-electron chi connectivity index (χ4n) is 2.92. The molecule has 1 aliphatic heterocycles. The van der Waals surface area contributed by atoms with Crippen LogP contribution in [0.1, 0.15) is 6.42 Å². The van der Waals surface area contributed by atoms with Crippen LogP contribution in [-0.4, -0.2) is 82.8 Å². The van der Waals surface area contributed by atoms with E-state index in [2.05, 4.69) is 0 Å². The molecule has 2 rings (SSSR count). The van der Waals surface area contributed by atoms with E-state index in [9.17, 15) is 17.6 Å². The zero-order chi connectivity index (χ0) is 19.2. The van der Waals surface area contributed by atoms with Crippen molar-refractivity contribution >= 4 is 21.6 Å². The summed E-state index contributed by atoms with van der Waals surface area (Å²) in [4.78, 5) is 16.0. The Morgan fingerprint density at radius 2 is 1.85 bits per heavy atom. The van der Waals surface area contributed by atoms with Gasteiger partial charge in [-0.1, -0.05) is 12.1 Å². The summed E-state index contributed by atoms with van der Waals surface area (Å²) in [5.41, 5.74) is 0.544. The maximum absolute atomic E-state index is 13.9. The molecule has 7 nitrogen and oxygen atoms in total. The van der Waals surface area contributed by atoms with E-state index < -0.39 is 10.0 Å². The lowest BCUT2D eigenvalue weighted by atomic mass is 10.2. The Morgan fingerprint density at radius 3 is 2.42 bits per heavy atom. The van der Waals surface area contributed by atoms with Crippen LogP contribution in [-0.2, 0) is 19.6 Å². The topological polar surface area (TPSA) is 70.2 Å². The summed E-state index contributed by atoms with van der Waals surface area (Å²) in [6, 6.07) is 6.59. The van der Waals surface area contributed by atoms with Crippen molar-refractivity contribution in [1.82, 2.24) is 9.21 Å². The Morgan fingerprint density at radius 1 is 1.19 bits per heavy atom. The van der Waals surface area contributed by atoms with E-state index in [1.165, 1.54) is 17.5 Å². The molecule has 0 N–H and O–H groups in total. The first-order valence-electron chi connectivity index (χ1n) is 8.54. The van der Waals surface area contributed by atoms with Gasteiger partial charge in [-0.25, -0.2) is 12.8 Å². The summed E-state index contributed by atoms with van der Waals surface area (Å²) in [5, 5.41) is 0. The van der Waals surface area contributed by atoms with Gasteiger partial charge in [0.2, 0.25) is 15.9 Å². The van der Waals surface area contributed by atoms with Gasteiger partial charge in [-0.15, -0.1) is 0 Å². The predicted octanol–water partition coefficient (Wildman–Crippen LogP) is 0.772. The molecule has 1 saturated heterocycles. The van der Waals surface area contributed by atoms with Crippen LogP contribution in [0.25, 0.3) is 0 Å². The predicted molar refractivity (Wildman–Crippen MR) is 98.1 cm³/mol. The molecule has 1 heterocycles. The number of amides is 1. The third kappa shape index (κ3) is 5.65. The van der Waals surface area contributed by atoms with Crippen molar-refractivity contribution < 1.29 is 22.3 Å². The maximum atomic E-state index is 13.9. The number of carbonyl (C=O) groups excluding carboxylic acids is 1. The molecule has 1 aromatic carbocycles. The smallest absolute Gasteiger partial charge is 0.224 e. The zero-order valence-electron chi connectivity index (χ0n) is 15.2. The van der Waals surface area contributed by atoms with E-state index in [4.69, 9.17) is 4.74 Å². The molecule has 1 amide bonds. The highest BCUT2D eigenvalue weighted by Crippen LogP contribution is 2.20. The van der Waals surface area contributed by atoms with Gasteiger partial charge in [0.15, 0.2) is 0 Å². The van der Waals surface area contributed by atoms with Gasteiger partial charge in [0.1, 0.15) is 5.82 Å². The third-order valence-electron chi connectivity index (χ3n) is 4.41. The van der Waals surface area contributed by atoms with Gasteiger partial charge in [-0.3, -0.25) is 4.79 Å². The average Bonchev–Trinajstić information content (AvgIpc) is 2.61. The summed E-state index contributed by atoms with van der Waals surface area (Å²) in [6.45, 7) is 2.72. The van der Waals surface area contributed by atoms with Gasteiger partial charge in [0, 0.05) is 52.8 Å². The third-order valence-corrected chi connectivity index (χ3v) is 5.72. The highest BCUT2D eigenvalue weighted by molar-refractivity contribution is 7.88. The number of ether oxygens (including phenoxy) is 1. The van der Waals surface area contributed by atoms with Crippen LogP contribution >= 0.6 is 0 Å². The van der Waals surface area contributed by atoms with Gasteiger partial charge in [-0.2, -0.15) is 4.31 Å². The van der Waals surface area contributed by atoms with Crippen molar-refractivity contribution in [1.29, 1.82) is 0 Å². The largest absolute Gasteiger partial charge is 0.383 e. The fraction of sp³-hybridized carbons (Fsp3) is 0.588. The quantitative estimate of drug-likeness (QED) is 0.659. The number of benzene rings is 1. The standard InChI is InChI=1S/C17H26FN3O4S/c1-25-14-13-21(26(2,23)24)8-7-17(22)20-11-9-19(10-12-20)16-6-4-3-5-15(16)18/h3-6H,7-14H2,1-2H3. The van der Waals surface area contributed by atoms with Gasteiger partial charge in [-0.05, 0) is 12.1 Å². The lowest BCUT2D eigenvalue weighted by Crippen LogP contribution is -2.49. The summed E-state index contributed by atoms with van der Waals surface area (Å²) in [6.07, 6.45) is 1.25. The number of halogens is 1. The van der Waals surface area contributed by atoms with Crippen LogP contribution in [0.3, 0.4) is 0 Å². The number of carbonyl (C=O) groups is 1. The molecule has 0 aliphatic carbocycles. The lowest BCUT2D eigenvalue weighted by molar-refractivity contribution is -0.131. The molecule has 0 unspecified atom stereocenters. The van der Waals surface area contributed by atoms with E-state index >= 15 is 0 Å². The van der Waals surface area contributed by atoms with Crippen molar-refractivity contribution in [2.45, 2.75) is 6.42 Å². The first kappa shape index (κ1) is 20.6. The second-order valence-electron chi connectivity index (χ2n) is 6.22. The van der Waals surface area contributed by atoms with E-state index in [1.54, 1.807) is 23.1 Å². The van der Waals surface area contributed by atoms with Gasteiger partial charge >= 0.3 is 0 Å². The van der Waals surface area contributed by atoms with Gasteiger partial charge in [0.25, 0.3) is 0 Å². The Bertz CT molecular complexity index is 706. The summed E-state index contributed by atoms with van der Waals surface area (Å²) >= 11 is 0. The molecule has 26 heavy (non-hydrogen) atoms. The molecule has 1 fully saturated rings. The molecule has 146 valence electrons.